The smallest absolute Gasteiger partial charge is 0.288 e. The molecule has 0 saturated carbocycles. The van der Waals surface area contributed by atoms with Gasteiger partial charge in [0.2, 0.25) is 0 Å². The van der Waals surface area contributed by atoms with E-state index in [4.69, 9.17) is 0 Å². The lowest BCUT2D eigenvalue weighted by atomic mass is 10.1. The van der Waals surface area contributed by atoms with Crippen molar-refractivity contribution in [1.29, 1.82) is 0 Å². The second-order valence-corrected chi connectivity index (χ2v) is 5.44. The number of pyridine rings is 1. The average molecular weight is 337 g/mol. The van der Waals surface area contributed by atoms with Gasteiger partial charge >= 0.3 is 0 Å². The molecule has 0 spiro atoms. The number of anilines is 1. The monoisotopic (exact) mass is 337 g/mol. The number of aromatic nitrogens is 3. The van der Waals surface area contributed by atoms with E-state index in [0.717, 1.165) is 11.8 Å². The van der Waals surface area contributed by atoms with E-state index in [-0.39, 0.29) is 11.3 Å². The van der Waals surface area contributed by atoms with Crippen molar-refractivity contribution in [2.24, 2.45) is 0 Å². The highest BCUT2D eigenvalue weighted by atomic mass is 16.6. The highest BCUT2D eigenvalue weighted by molar-refractivity contribution is 6.05. The van der Waals surface area contributed by atoms with Gasteiger partial charge in [0.25, 0.3) is 11.6 Å². The first-order valence-corrected chi connectivity index (χ1v) is 7.51. The molecule has 0 aliphatic heterocycles. The van der Waals surface area contributed by atoms with Gasteiger partial charge in [0.1, 0.15) is 6.20 Å². The van der Waals surface area contributed by atoms with Crippen LogP contribution in [-0.4, -0.2) is 25.6 Å². The third-order valence-electron chi connectivity index (χ3n) is 3.62. The van der Waals surface area contributed by atoms with Crippen molar-refractivity contribution in [2.75, 3.05) is 5.32 Å². The lowest BCUT2D eigenvalue weighted by molar-refractivity contribution is -0.385. The summed E-state index contributed by atoms with van der Waals surface area (Å²) in [5.41, 5.74) is 1.95. The molecule has 0 radical (unpaired) electrons. The summed E-state index contributed by atoms with van der Waals surface area (Å²) in [5, 5.41) is 17.8. The Morgan fingerprint density at radius 1 is 1.32 bits per heavy atom. The molecule has 0 bridgehead atoms. The van der Waals surface area contributed by atoms with Crippen LogP contribution in [0, 0.1) is 17.0 Å². The number of nitrogens with one attached hydrogen (secondary N) is 1. The van der Waals surface area contributed by atoms with Gasteiger partial charge in [-0.25, -0.2) is 0 Å². The maximum atomic E-state index is 12.4. The first kappa shape index (κ1) is 16.3. The normalized spacial score (nSPS) is 10.4. The molecule has 0 aliphatic carbocycles. The predicted octanol–water partition coefficient (Wildman–Crippen LogP) is 2.80. The number of nitro groups is 1. The van der Waals surface area contributed by atoms with Gasteiger partial charge < -0.3 is 5.32 Å². The van der Waals surface area contributed by atoms with Gasteiger partial charge in [-0.2, -0.15) is 5.10 Å². The third-order valence-corrected chi connectivity index (χ3v) is 3.62. The van der Waals surface area contributed by atoms with Gasteiger partial charge in [0, 0.05) is 24.1 Å². The zero-order chi connectivity index (χ0) is 17.8. The summed E-state index contributed by atoms with van der Waals surface area (Å²) in [4.78, 5) is 26.7. The van der Waals surface area contributed by atoms with Crippen LogP contribution in [0.15, 0.2) is 55.0 Å². The Kier molecular flexibility index (Phi) is 4.51. The highest BCUT2D eigenvalue weighted by Crippen LogP contribution is 2.18. The Morgan fingerprint density at radius 3 is 2.88 bits per heavy atom. The lowest BCUT2D eigenvalue weighted by Gasteiger charge is -2.09. The van der Waals surface area contributed by atoms with Crippen LogP contribution in [-0.2, 0) is 6.54 Å². The minimum absolute atomic E-state index is 0.173. The summed E-state index contributed by atoms with van der Waals surface area (Å²) in [7, 11) is 0. The zero-order valence-corrected chi connectivity index (χ0v) is 13.4. The van der Waals surface area contributed by atoms with Gasteiger partial charge in [0.15, 0.2) is 0 Å². The molecular weight excluding hydrogens is 322 g/mol. The molecule has 8 nitrogen and oxygen atoms in total. The summed E-state index contributed by atoms with van der Waals surface area (Å²) < 4.78 is 1.77. The third kappa shape index (κ3) is 3.86. The number of rotatable bonds is 5. The summed E-state index contributed by atoms with van der Waals surface area (Å²) in [6.45, 7) is 2.21. The number of amides is 1. The first-order chi connectivity index (χ1) is 12.0. The van der Waals surface area contributed by atoms with Crippen LogP contribution < -0.4 is 5.32 Å². The number of carbonyl (C=O) groups is 1. The molecule has 3 aromatic rings. The second-order valence-electron chi connectivity index (χ2n) is 5.44. The number of carbonyl (C=O) groups excluding carboxylic acids is 1. The van der Waals surface area contributed by atoms with Crippen molar-refractivity contribution in [2.45, 2.75) is 13.5 Å². The molecule has 0 saturated heterocycles. The van der Waals surface area contributed by atoms with E-state index in [0.29, 0.717) is 17.9 Å². The molecule has 1 aromatic carbocycles. The maximum Gasteiger partial charge on any atom is 0.288 e. The fourth-order valence-electron chi connectivity index (χ4n) is 2.38. The molecule has 25 heavy (non-hydrogen) atoms. The van der Waals surface area contributed by atoms with E-state index >= 15 is 0 Å². The molecule has 1 N–H and O–H groups in total. The molecular formula is C17H15N5O3. The van der Waals surface area contributed by atoms with Gasteiger partial charge in [-0.15, -0.1) is 0 Å². The first-order valence-electron chi connectivity index (χ1n) is 7.51. The van der Waals surface area contributed by atoms with E-state index < -0.39 is 10.8 Å². The second kappa shape index (κ2) is 6.91. The molecule has 1 amide bonds. The largest absolute Gasteiger partial charge is 0.322 e. The maximum absolute atomic E-state index is 12.4. The number of nitrogens with zero attached hydrogens (tertiary/aromatic N) is 4. The summed E-state index contributed by atoms with van der Waals surface area (Å²) in [5.74, 6) is -0.440. The Balaban J connectivity index is 1.79. The van der Waals surface area contributed by atoms with Crippen molar-refractivity contribution in [1.82, 2.24) is 14.8 Å². The fraction of sp³-hybridized carbons (Fsp3) is 0.118. The molecule has 2 aromatic heterocycles. The Labute approximate surface area is 143 Å². The average Bonchev–Trinajstić information content (AvgIpc) is 3.08. The SMILES string of the molecule is Cc1ncc([N+](=O)[O-])cc1C(=O)Nc1cccc(Cn2cccn2)c1. The Bertz CT molecular complexity index is 922. The van der Waals surface area contributed by atoms with Gasteiger partial charge in [-0.3, -0.25) is 24.6 Å². The van der Waals surface area contributed by atoms with E-state index in [1.807, 2.05) is 30.5 Å². The molecule has 3 rings (SSSR count). The van der Waals surface area contributed by atoms with Crippen LogP contribution >= 0.6 is 0 Å². The van der Waals surface area contributed by atoms with Crippen LogP contribution in [0.3, 0.4) is 0 Å². The van der Waals surface area contributed by atoms with Crippen LogP contribution in [0.25, 0.3) is 0 Å². The molecule has 2 heterocycles. The van der Waals surface area contributed by atoms with E-state index in [2.05, 4.69) is 15.4 Å². The Morgan fingerprint density at radius 2 is 2.16 bits per heavy atom. The number of hydrogen-bond acceptors (Lipinski definition) is 5. The predicted molar refractivity (Wildman–Crippen MR) is 91.4 cm³/mol. The molecule has 0 unspecified atom stereocenters. The summed E-state index contributed by atoms with van der Waals surface area (Å²) in [6, 6.07) is 10.4. The molecule has 8 heteroatoms. The fourth-order valence-corrected chi connectivity index (χ4v) is 2.38. The quantitative estimate of drug-likeness (QED) is 0.569. The molecule has 0 aliphatic rings. The summed E-state index contributed by atoms with van der Waals surface area (Å²) in [6.07, 6.45) is 4.68. The van der Waals surface area contributed by atoms with Gasteiger partial charge in [0.05, 0.1) is 22.7 Å². The lowest BCUT2D eigenvalue weighted by Crippen LogP contribution is -2.14. The topological polar surface area (TPSA) is 103 Å². The van der Waals surface area contributed by atoms with Crippen molar-refractivity contribution >= 4 is 17.3 Å². The van der Waals surface area contributed by atoms with E-state index in [9.17, 15) is 14.9 Å². The van der Waals surface area contributed by atoms with Gasteiger partial charge in [-0.05, 0) is 30.7 Å². The van der Waals surface area contributed by atoms with Crippen molar-refractivity contribution in [3.8, 4) is 0 Å². The van der Waals surface area contributed by atoms with Gasteiger partial charge in [-0.1, -0.05) is 12.1 Å². The van der Waals surface area contributed by atoms with Crippen molar-refractivity contribution in [3.05, 3.63) is 81.9 Å². The molecule has 0 fully saturated rings. The highest BCUT2D eigenvalue weighted by Gasteiger charge is 2.16. The van der Waals surface area contributed by atoms with E-state index in [1.54, 1.807) is 23.9 Å². The van der Waals surface area contributed by atoms with Crippen molar-refractivity contribution in [3.63, 3.8) is 0 Å². The zero-order valence-electron chi connectivity index (χ0n) is 13.4. The standard InChI is InChI=1S/C17H15N5O3/c1-12-16(9-15(10-18-12)22(24)25)17(23)20-14-5-2-4-13(8-14)11-21-7-3-6-19-21/h2-10H,11H2,1H3,(H,20,23). The van der Waals surface area contributed by atoms with E-state index in [1.165, 1.54) is 6.07 Å². The van der Waals surface area contributed by atoms with Crippen molar-refractivity contribution < 1.29 is 9.72 Å². The Hall–Kier alpha value is -3.55. The van der Waals surface area contributed by atoms with Crippen LogP contribution in [0.4, 0.5) is 11.4 Å². The van der Waals surface area contributed by atoms with Crippen LogP contribution in [0.1, 0.15) is 21.6 Å². The number of aryl methyl sites for hydroxylation is 1. The minimum atomic E-state index is -0.575. The summed E-state index contributed by atoms with van der Waals surface area (Å²) >= 11 is 0. The number of hydrogen-bond donors (Lipinski definition) is 1. The minimum Gasteiger partial charge on any atom is -0.322 e. The van der Waals surface area contributed by atoms with Crippen LogP contribution in [0.5, 0.6) is 0 Å². The van der Waals surface area contributed by atoms with Crippen LogP contribution in [0.2, 0.25) is 0 Å². The molecule has 126 valence electrons. The molecule has 0 atom stereocenters. The number of benzene rings is 1.